The molecule has 0 saturated carbocycles. The predicted octanol–water partition coefficient (Wildman–Crippen LogP) is 5.38. The lowest BCUT2D eigenvalue weighted by Crippen LogP contribution is -2.44. The molecule has 0 unspecified atom stereocenters. The van der Waals surface area contributed by atoms with Crippen LogP contribution in [0.1, 0.15) is 27.0 Å². The second-order valence-corrected chi connectivity index (χ2v) is 9.84. The monoisotopic (exact) mass is 483 g/mol. The van der Waals surface area contributed by atoms with Crippen LogP contribution in [-0.2, 0) is 6.54 Å². The molecular weight excluding hydrogens is 446 g/mol. The normalized spacial score (nSPS) is 14.6. The lowest BCUT2D eigenvalue weighted by Gasteiger charge is -2.34. The summed E-state index contributed by atoms with van der Waals surface area (Å²) in [4.78, 5) is 20.5. The number of piperazine rings is 1. The Morgan fingerprint density at radius 3 is 2.42 bits per heavy atom. The molecule has 0 atom stereocenters. The zero-order chi connectivity index (χ0) is 25.7. The van der Waals surface area contributed by atoms with Crippen molar-refractivity contribution in [2.24, 2.45) is 0 Å². The summed E-state index contributed by atoms with van der Waals surface area (Å²) in [6, 6.07) is 20.6. The number of allylic oxidation sites excluding steroid dienone is 1. The molecule has 0 radical (unpaired) electrons. The minimum Gasteiger partial charge on any atom is -0.497 e. The average molecular weight is 484 g/mol. The van der Waals surface area contributed by atoms with Crippen LogP contribution in [0.3, 0.4) is 0 Å². The van der Waals surface area contributed by atoms with Gasteiger partial charge in [0.2, 0.25) is 0 Å². The first kappa shape index (κ1) is 25.7. The third-order valence-electron chi connectivity index (χ3n) is 6.82. The van der Waals surface area contributed by atoms with Crippen molar-refractivity contribution >= 4 is 17.5 Å². The first-order valence-electron chi connectivity index (χ1n) is 12.5. The van der Waals surface area contributed by atoms with Crippen molar-refractivity contribution in [3.8, 4) is 16.9 Å². The molecule has 3 aromatic carbocycles. The standard InChI is InChI=1S/C31H37N3O2/c1-23-8-6-7-9-28(23)29-14-12-26(34-18-16-33(4)17-19-34)21-30(29)31(35)15-11-24-10-13-27(36-5)20-25(24)22-32(2)3/h6-15,20-21H,16-19,22H2,1-5H3. The van der Waals surface area contributed by atoms with Crippen LogP contribution in [0.2, 0.25) is 0 Å². The van der Waals surface area contributed by atoms with Crippen molar-refractivity contribution in [3.63, 3.8) is 0 Å². The van der Waals surface area contributed by atoms with Gasteiger partial charge in [-0.05, 0) is 86.2 Å². The second kappa shape index (κ2) is 11.5. The van der Waals surface area contributed by atoms with Crippen molar-refractivity contribution in [3.05, 3.63) is 89.0 Å². The van der Waals surface area contributed by atoms with Gasteiger partial charge in [0.1, 0.15) is 5.75 Å². The molecule has 1 heterocycles. The van der Waals surface area contributed by atoms with Crippen LogP contribution >= 0.6 is 0 Å². The number of carbonyl (C=O) groups excluding carboxylic acids is 1. The Bertz CT molecular complexity index is 1240. The van der Waals surface area contributed by atoms with E-state index in [-0.39, 0.29) is 5.78 Å². The molecule has 0 spiro atoms. The molecule has 1 saturated heterocycles. The minimum atomic E-state index is 0.0100. The van der Waals surface area contributed by atoms with Crippen LogP contribution in [0.4, 0.5) is 5.69 Å². The summed E-state index contributed by atoms with van der Waals surface area (Å²) in [7, 11) is 7.91. The summed E-state index contributed by atoms with van der Waals surface area (Å²) < 4.78 is 5.42. The fourth-order valence-corrected chi connectivity index (χ4v) is 4.71. The molecule has 0 amide bonds. The second-order valence-electron chi connectivity index (χ2n) is 9.84. The van der Waals surface area contributed by atoms with E-state index in [0.29, 0.717) is 0 Å². The quantitative estimate of drug-likeness (QED) is 0.318. The van der Waals surface area contributed by atoms with Gasteiger partial charge in [0.15, 0.2) is 5.78 Å². The molecule has 5 nitrogen and oxygen atoms in total. The largest absolute Gasteiger partial charge is 0.497 e. The van der Waals surface area contributed by atoms with E-state index in [1.54, 1.807) is 13.2 Å². The van der Waals surface area contributed by atoms with Crippen molar-refractivity contribution < 1.29 is 9.53 Å². The van der Waals surface area contributed by atoms with Gasteiger partial charge in [-0.15, -0.1) is 0 Å². The number of hydrogen-bond acceptors (Lipinski definition) is 5. The fraction of sp³-hybridized carbons (Fsp3) is 0.323. The highest BCUT2D eigenvalue weighted by Gasteiger charge is 2.19. The Morgan fingerprint density at radius 2 is 1.72 bits per heavy atom. The van der Waals surface area contributed by atoms with Gasteiger partial charge in [0, 0.05) is 44.0 Å². The zero-order valence-corrected chi connectivity index (χ0v) is 22.1. The first-order valence-corrected chi connectivity index (χ1v) is 12.5. The Kier molecular flexibility index (Phi) is 8.24. The number of likely N-dealkylation sites (N-methyl/N-ethyl adjacent to an activating group) is 1. The maximum atomic E-state index is 13.7. The highest BCUT2D eigenvalue weighted by molar-refractivity contribution is 6.11. The highest BCUT2D eigenvalue weighted by Crippen LogP contribution is 2.31. The topological polar surface area (TPSA) is 36.0 Å². The molecule has 0 N–H and O–H groups in total. The van der Waals surface area contributed by atoms with Crippen molar-refractivity contribution in [1.29, 1.82) is 0 Å². The van der Waals surface area contributed by atoms with E-state index in [1.807, 2.05) is 50.5 Å². The smallest absolute Gasteiger partial charge is 0.186 e. The van der Waals surface area contributed by atoms with Crippen LogP contribution in [0.25, 0.3) is 17.2 Å². The van der Waals surface area contributed by atoms with Crippen LogP contribution in [0.15, 0.2) is 66.7 Å². The molecule has 1 fully saturated rings. The summed E-state index contributed by atoms with van der Waals surface area (Å²) in [6.45, 7) is 6.83. The molecule has 0 aromatic heterocycles. The van der Waals surface area contributed by atoms with Crippen molar-refractivity contribution in [1.82, 2.24) is 9.80 Å². The number of benzene rings is 3. The third kappa shape index (κ3) is 6.04. The molecular formula is C31H37N3O2. The van der Waals surface area contributed by atoms with Gasteiger partial charge in [-0.25, -0.2) is 0 Å². The van der Waals surface area contributed by atoms with Gasteiger partial charge in [0.25, 0.3) is 0 Å². The number of rotatable bonds is 8. The van der Waals surface area contributed by atoms with E-state index < -0.39 is 0 Å². The lowest BCUT2D eigenvalue weighted by atomic mass is 9.92. The zero-order valence-electron chi connectivity index (χ0n) is 22.1. The van der Waals surface area contributed by atoms with Crippen LogP contribution < -0.4 is 9.64 Å². The number of ether oxygens (including phenoxy) is 1. The van der Waals surface area contributed by atoms with Crippen molar-refractivity contribution in [2.45, 2.75) is 13.5 Å². The molecule has 188 valence electrons. The Labute approximate surface area is 215 Å². The molecule has 5 heteroatoms. The number of anilines is 1. The molecule has 3 aromatic rings. The summed E-state index contributed by atoms with van der Waals surface area (Å²) in [5.41, 5.74) is 7.21. The predicted molar refractivity (Wildman–Crippen MR) is 150 cm³/mol. The Hall–Kier alpha value is -3.41. The number of hydrogen-bond donors (Lipinski definition) is 0. The Morgan fingerprint density at radius 1 is 0.972 bits per heavy atom. The summed E-state index contributed by atoms with van der Waals surface area (Å²) in [5.74, 6) is 0.827. The van der Waals surface area contributed by atoms with E-state index in [0.717, 1.165) is 77.5 Å². The number of nitrogens with zero attached hydrogens (tertiary/aromatic N) is 3. The van der Waals surface area contributed by atoms with Gasteiger partial charge >= 0.3 is 0 Å². The maximum Gasteiger partial charge on any atom is 0.186 e. The van der Waals surface area contributed by atoms with Gasteiger partial charge in [0.05, 0.1) is 7.11 Å². The van der Waals surface area contributed by atoms with E-state index in [9.17, 15) is 4.79 Å². The molecule has 4 rings (SSSR count). The minimum absolute atomic E-state index is 0.0100. The van der Waals surface area contributed by atoms with Gasteiger partial charge in [-0.3, -0.25) is 4.79 Å². The lowest BCUT2D eigenvalue weighted by molar-refractivity contribution is 0.104. The Balaban J connectivity index is 1.71. The maximum absolute atomic E-state index is 13.7. The SMILES string of the molecule is COc1ccc(C=CC(=O)c2cc(N3CCN(C)CC3)ccc2-c2ccccc2C)c(CN(C)C)c1. The molecule has 36 heavy (non-hydrogen) atoms. The van der Waals surface area contributed by atoms with E-state index in [4.69, 9.17) is 4.74 Å². The summed E-state index contributed by atoms with van der Waals surface area (Å²) in [5, 5.41) is 0. The molecule has 0 aliphatic carbocycles. The number of aryl methyl sites for hydroxylation is 1. The van der Waals surface area contributed by atoms with E-state index in [2.05, 4.69) is 59.0 Å². The van der Waals surface area contributed by atoms with Gasteiger partial charge < -0.3 is 19.4 Å². The first-order chi connectivity index (χ1) is 17.4. The summed E-state index contributed by atoms with van der Waals surface area (Å²) >= 11 is 0. The molecule has 0 bridgehead atoms. The van der Waals surface area contributed by atoms with Crippen LogP contribution in [0.5, 0.6) is 5.75 Å². The highest BCUT2D eigenvalue weighted by atomic mass is 16.5. The fourth-order valence-electron chi connectivity index (χ4n) is 4.71. The third-order valence-corrected chi connectivity index (χ3v) is 6.82. The summed E-state index contributed by atoms with van der Waals surface area (Å²) in [6.07, 6.45) is 3.65. The van der Waals surface area contributed by atoms with Crippen LogP contribution in [-0.4, -0.2) is 70.0 Å². The molecule has 1 aliphatic rings. The number of methoxy groups -OCH3 is 1. The van der Waals surface area contributed by atoms with E-state index >= 15 is 0 Å². The number of ketones is 1. The van der Waals surface area contributed by atoms with Gasteiger partial charge in [-0.1, -0.05) is 42.5 Å². The van der Waals surface area contributed by atoms with Crippen LogP contribution in [0, 0.1) is 6.92 Å². The van der Waals surface area contributed by atoms with Crippen molar-refractivity contribution in [2.75, 3.05) is 59.3 Å². The molecule has 1 aliphatic heterocycles. The number of carbonyl (C=O) groups is 1. The van der Waals surface area contributed by atoms with E-state index in [1.165, 1.54) is 0 Å². The van der Waals surface area contributed by atoms with Gasteiger partial charge in [-0.2, -0.15) is 0 Å². The average Bonchev–Trinajstić information content (AvgIpc) is 2.88.